The molecule has 16 heteroatoms. The van der Waals surface area contributed by atoms with Crippen molar-refractivity contribution in [2.75, 3.05) is 46.9 Å². The molecule has 16 nitrogen and oxygen atoms in total. The van der Waals surface area contributed by atoms with Gasteiger partial charge in [0, 0.05) is 93.7 Å². The monoisotopic (exact) mass is 916 g/mol. The van der Waals surface area contributed by atoms with E-state index < -0.39 is 41.3 Å². The summed E-state index contributed by atoms with van der Waals surface area (Å²) in [5.74, 6) is -1.88. The lowest BCUT2D eigenvalue weighted by Gasteiger charge is -2.40. The number of amides is 4. The highest BCUT2D eigenvalue weighted by molar-refractivity contribution is 5.96. The number of methoxy groups -OCH3 is 1. The Balaban J connectivity index is 1.16. The molecule has 0 aliphatic carbocycles. The summed E-state index contributed by atoms with van der Waals surface area (Å²) in [6, 6.07) is 12.2. The number of hydrogen-bond acceptors (Lipinski definition) is 11. The number of aromatic hydroxyl groups is 1. The number of pyridine rings is 1. The molecule has 4 aliphatic heterocycles. The SMILES string of the molecule is C=C(C)[C@@H](C(=O)N[C@H]1Cc2cc(O)cc(c2)-c2ccc3c(c2)c(c(-c2cccnc2[C@H](C)OC)n3CC)CC(C)(C)COC(=O)[C@@H]2CCCN(N2)C1=O)N(C)C(=O)CC1CN(C(=O)[C@@H]2CN2)C1. The summed E-state index contributed by atoms with van der Waals surface area (Å²) in [5, 5.41) is 19.7. The van der Waals surface area contributed by atoms with Crippen molar-refractivity contribution in [2.24, 2.45) is 11.3 Å². The quantitative estimate of drug-likeness (QED) is 0.0927. The lowest BCUT2D eigenvalue weighted by molar-refractivity contribution is -0.155. The smallest absolute Gasteiger partial charge is 0.324 e. The van der Waals surface area contributed by atoms with Crippen LogP contribution in [0.5, 0.6) is 5.75 Å². The van der Waals surface area contributed by atoms with Crippen molar-refractivity contribution in [2.45, 2.75) is 104 Å². The topological polar surface area (TPSA) is 198 Å². The van der Waals surface area contributed by atoms with E-state index in [1.54, 1.807) is 44.3 Å². The minimum atomic E-state index is -1.19. The predicted molar refractivity (Wildman–Crippen MR) is 253 cm³/mol. The Hall–Kier alpha value is -6.10. The number of nitrogens with zero attached hydrogens (tertiary/aromatic N) is 5. The second-order valence-corrected chi connectivity index (χ2v) is 19.6. The number of aromatic nitrogens is 2. The van der Waals surface area contributed by atoms with E-state index in [9.17, 15) is 29.1 Å². The van der Waals surface area contributed by atoms with Crippen LogP contribution in [0.2, 0.25) is 0 Å². The van der Waals surface area contributed by atoms with Gasteiger partial charge in [-0.05, 0) is 104 Å². The molecule has 0 saturated carbocycles. The maximum atomic E-state index is 14.7. The largest absolute Gasteiger partial charge is 0.508 e. The minimum absolute atomic E-state index is 0.0186. The Bertz CT molecular complexity index is 2600. The number of likely N-dealkylation sites (tertiary alicyclic amines) is 1. The second kappa shape index (κ2) is 19.2. The molecule has 4 amide bonds. The number of carbonyl (C=O) groups is 5. The predicted octanol–water partition coefficient (Wildman–Crippen LogP) is 4.68. The van der Waals surface area contributed by atoms with Gasteiger partial charge in [-0.15, -0.1) is 0 Å². The molecule has 3 saturated heterocycles. The molecule has 0 spiro atoms. The minimum Gasteiger partial charge on any atom is -0.508 e. The zero-order valence-electron chi connectivity index (χ0n) is 39.7. The molecule has 2 aromatic heterocycles. The zero-order chi connectivity index (χ0) is 47.9. The van der Waals surface area contributed by atoms with Gasteiger partial charge in [0.15, 0.2) is 0 Å². The first-order valence-corrected chi connectivity index (χ1v) is 23.4. The fraction of sp³-hybridized carbons (Fsp3) is 0.490. The number of nitrogens with one attached hydrogen (secondary N) is 3. The Morgan fingerprint density at radius 1 is 1.12 bits per heavy atom. The molecule has 6 bridgehead atoms. The molecular formula is C51H64N8O8. The first-order valence-electron chi connectivity index (χ1n) is 23.4. The summed E-state index contributed by atoms with van der Waals surface area (Å²) < 4.78 is 14.2. The number of ether oxygens (including phenoxy) is 2. The zero-order valence-corrected chi connectivity index (χ0v) is 39.7. The fourth-order valence-corrected chi connectivity index (χ4v) is 9.92. The standard InChI is InChI=1S/C51H64N8O8/c1-9-58-42-15-14-33-23-37(42)38(46(58)36-12-10-16-52-44(36)30(4)66-8)24-51(5,6)28-67-50(65)39-13-11-17-59(55-39)49(64)40(20-31-18-34(33)22-35(60)19-31)54-47(62)45(29(2)3)56(7)43(61)21-32-26-57(27-32)48(63)41-25-53-41/h10,12,14-16,18-19,22-23,30,32,39-41,45,53,55,60H,2,9,11,13,17,20-21,24-28H2,1,3-8H3,(H,54,62)/t30-,39-,40-,41-,45-/m0/s1. The second-order valence-electron chi connectivity index (χ2n) is 19.6. The molecular weight excluding hydrogens is 853 g/mol. The van der Waals surface area contributed by atoms with Crippen molar-refractivity contribution in [3.63, 3.8) is 0 Å². The van der Waals surface area contributed by atoms with Crippen molar-refractivity contribution in [1.29, 1.82) is 0 Å². The third-order valence-electron chi connectivity index (χ3n) is 13.6. The van der Waals surface area contributed by atoms with Crippen LogP contribution in [0.25, 0.3) is 33.3 Å². The summed E-state index contributed by atoms with van der Waals surface area (Å²) in [6.45, 7) is 16.6. The number of esters is 1. The van der Waals surface area contributed by atoms with Gasteiger partial charge in [0.05, 0.1) is 30.1 Å². The molecule has 0 unspecified atom stereocenters. The number of hydrazine groups is 1. The maximum absolute atomic E-state index is 14.7. The number of phenolic OH excluding ortho intramolecular Hbond substituents is 1. The van der Waals surface area contributed by atoms with Gasteiger partial charge in [0.25, 0.3) is 5.91 Å². The highest BCUT2D eigenvalue weighted by atomic mass is 16.5. The molecule has 3 fully saturated rings. The number of fused-ring (bicyclic) bond motifs is 6. The van der Waals surface area contributed by atoms with E-state index in [1.807, 2.05) is 25.1 Å². The van der Waals surface area contributed by atoms with Crippen LogP contribution >= 0.6 is 0 Å². The van der Waals surface area contributed by atoms with Crippen LogP contribution in [0.4, 0.5) is 0 Å². The van der Waals surface area contributed by atoms with Crippen LogP contribution in [-0.4, -0.2) is 130 Å². The van der Waals surface area contributed by atoms with E-state index in [2.05, 4.69) is 66.2 Å². The molecule has 8 rings (SSSR count). The van der Waals surface area contributed by atoms with Gasteiger partial charge in [-0.3, -0.25) is 34.0 Å². The Kier molecular flexibility index (Phi) is 13.6. The average Bonchev–Trinajstić information content (AvgIpc) is 4.10. The molecule has 0 radical (unpaired) electrons. The molecule has 4 aromatic rings. The Labute approximate surface area is 392 Å². The lowest BCUT2D eigenvalue weighted by Crippen LogP contribution is -2.62. The van der Waals surface area contributed by atoms with Gasteiger partial charge in [-0.1, -0.05) is 32.6 Å². The average molecular weight is 917 g/mol. The van der Waals surface area contributed by atoms with Gasteiger partial charge in [-0.25, -0.2) is 5.43 Å². The van der Waals surface area contributed by atoms with Crippen LogP contribution in [0.3, 0.4) is 0 Å². The maximum Gasteiger partial charge on any atom is 0.324 e. The fourth-order valence-electron chi connectivity index (χ4n) is 9.92. The Morgan fingerprint density at radius 3 is 2.58 bits per heavy atom. The van der Waals surface area contributed by atoms with E-state index in [1.165, 1.54) is 9.91 Å². The first kappa shape index (κ1) is 47.4. The third kappa shape index (κ3) is 9.97. The number of likely N-dealkylation sites (N-methyl/N-ethyl adjacent to an activating group) is 1. The van der Waals surface area contributed by atoms with Crippen LogP contribution < -0.4 is 16.1 Å². The number of carbonyl (C=O) groups excluding carboxylic acids is 5. The third-order valence-corrected chi connectivity index (χ3v) is 13.6. The van der Waals surface area contributed by atoms with Gasteiger partial charge >= 0.3 is 5.97 Å². The number of hydrogen-bond donors (Lipinski definition) is 4. The summed E-state index contributed by atoms with van der Waals surface area (Å²) in [5.41, 5.74) is 9.88. The van der Waals surface area contributed by atoms with Crippen molar-refractivity contribution >= 4 is 40.5 Å². The van der Waals surface area contributed by atoms with Crippen LogP contribution in [-0.2, 0) is 52.8 Å². The summed E-state index contributed by atoms with van der Waals surface area (Å²) >= 11 is 0. The van der Waals surface area contributed by atoms with Crippen molar-refractivity contribution in [3.8, 4) is 28.1 Å². The highest BCUT2D eigenvalue weighted by Gasteiger charge is 2.41. The normalized spacial score (nSPS) is 21.7. The molecule has 356 valence electrons. The molecule has 2 aromatic carbocycles. The molecule has 67 heavy (non-hydrogen) atoms. The number of cyclic esters (lactones) is 1. The summed E-state index contributed by atoms with van der Waals surface area (Å²) in [6.07, 6.45) is 3.08. The van der Waals surface area contributed by atoms with Crippen LogP contribution in [0, 0.1) is 11.3 Å². The first-order chi connectivity index (χ1) is 32.0. The van der Waals surface area contributed by atoms with Crippen LogP contribution in [0.1, 0.15) is 76.8 Å². The van der Waals surface area contributed by atoms with Gasteiger partial charge in [-0.2, -0.15) is 0 Å². The molecule has 4 N–H and O–H groups in total. The summed E-state index contributed by atoms with van der Waals surface area (Å²) in [7, 11) is 3.21. The van der Waals surface area contributed by atoms with E-state index in [0.717, 1.165) is 39.0 Å². The van der Waals surface area contributed by atoms with E-state index >= 15 is 0 Å². The van der Waals surface area contributed by atoms with Crippen LogP contribution in [0.15, 0.2) is 66.9 Å². The molecule has 4 aliphatic rings. The van der Waals surface area contributed by atoms with Crippen molar-refractivity contribution in [3.05, 3.63) is 83.7 Å². The number of benzene rings is 2. The van der Waals surface area contributed by atoms with Crippen molar-refractivity contribution in [1.82, 2.24) is 40.4 Å². The molecule has 5 atom stereocenters. The number of rotatable bonds is 11. The van der Waals surface area contributed by atoms with Gasteiger partial charge in [0.1, 0.15) is 23.9 Å². The van der Waals surface area contributed by atoms with E-state index in [4.69, 9.17) is 14.5 Å². The Morgan fingerprint density at radius 2 is 1.88 bits per heavy atom. The van der Waals surface area contributed by atoms with Gasteiger partial charge in [0.2, 0.25) is 17.7 Å². The molecule has 6 heterocycles. The van der Waals surface area contributed by atoms with E-state index in [-0.39, 0.29) is 61.6 Å². The van der Waals surface area contributed by atoms with E-state index in [0.29, 0.717) is 62.1 Å². The number of phenols is 1. The lowest BCUT2D eigenvalue weighted by atomic mass is 9.84. The van der Waals surface area contributed by atoms with Gasteiger partial charge < -0.3 is 39.6 Å². The number of aryl methyl sites for hydroxylation is 1. The van der Waals surface area contributed by atoms with Crippen molar-refractivity contribution < 1.29 is 38.6 Å². The highest BCUT2D eigenvalue weighted by Crippen LogP contribution is 2.42. The summed E-state index contributed by atoms with van der Waals surface area (Å²) in [4.78, 5) is 77.0.